The lowest BCUT2D eigenvalue weighted by molar-refractivity contribution is 0.324. The van der Waals surface area contributed by atoms with Crippen molar-refractivity contribution in [3.63, 3.8) is 0 Å². The van der Waals surface area contributed by atoms with Crippen LogP contribution in [0.4, 0.5) is 5.69 Å². The van der Waals surface area contributed by atoms with Crippen LogP contribution >= 0.6 is 12.2 Å². The predicted octanol–water partition coefficient (Wildman–Crippen LogP) is 3.51. The normalized spacial score (nSPS) is 10.4. The van der Waals surface area contributed by atoms with Crippen LogP contribution in [0.2, 0.25) is 0 Å². The number of methoxy groups -OCH3 is 3. The number of aromatic amines is 1. The maximum absolute atomic E-state index is 5.41. The Morgan fingerprint density at radius 2 is 1.64 bits per heavy atom. The average molecular weight is 358 g/mol. The van der Waals surface area contributed by atoms with Gasteiger partial charge >= 0.3 is 0 Å². The Hall–Kier alpha value is -3.00. The number of para-hydroxylation sites is 1. The van der Waals surface area contributed by atoms with Crippen molar-refractivity contribution < 1.29 is 14.2 Å². The first kappa shape index (κ1) is 16.8. The molecule has 8 heteroatoms. The monoisotopic (exact) mass is 358 g/mol. The molecule has 2 N–H and O–H groups in total. The number of aromatic nitrogens is 3. The van der Waals surface area contributed by atoms with Crippen LogP contribution in [0, 0.1) is 4.77 Å². The number of hydrogen-bond acceptors (Lipinski definition) is 6. The smallest absolute Gasteiger partial charge is 0.214 e. The van der Waals surface area contributed by atoms with E-state index in [0.717, 1.165) is 11.3 Å². The highest BCUT2D eigenvalue weighted by Gasteiger charge is 2.17. The fourth-order valence-corrected chi connectivity index (χ4v) is 2.62. The Morgan fingerprint density at radius 3 is 2.20 bits per heavy atom. The number of H-pyrrole nitrogens is 1. The molecule has 2 aromatic carbocycles. The van der Waals surface area contributed by atoms with E-state index in [1.807, 2.05) is 42.5 Å². The molecule has 0 unspecified atom stereocenters. The van der Waals surface area contributed by atoms with Gasteiger partial charge in [0.05, 0.1) is 27.0 Å². The molecule has 0 aliphatic rings. The summed E-state index contributed by atoms with van der Waals surface area (Å²) in [7, 11) is 4.70. The lowest BCUT2D eigenvalue weighted by atomic mass is 10.1. The van der Waals surface area contributed by atoms with Crippen molar-refractivity contribution in [1.29, 1.82) is 0 Å². The molecule has 3 aromatic rings. The minimum Gasteiger partial charge on any atom is -0.493 e. The summed E-state index contributed by atoms with van der Waals surface area (Å²) in [5.41, 5.74) is 4.87. The largest absolute Gasteiger partial charge is 0.493 e. The topological polar surface area (TPSA) is 73.3 Å². The molecule has 25 heavy (non-hydrogen) atoms. The number of rotatable bonds is 6. The van der Waals surface area contributed by atoms with Gasteiger partial charge in [0.1, 0.15) is 0 Å². The zero-order chi connectivity index (χ0) is 17.8. The lowest BCUT2D eigenvalue weighted by Crippen LogP contribution is -2.11. The molecule has 3 rings (SSSR count). The standard InChI is InChI=1S/C17H18N4O3S/c1-22-13-9-11(10-14(23-2)15(13)24-3)16-18-19-17(25)21(16)20-12-7-5-4-6-8-12/h4-10,20H,1-3H3,(H,19,25). The first-order valence-electron chi connectivity index (χ1n) is 7.47. The zero-order valence-electron chi connectivity index (χ0n) is 14.1. The molecule has 0 amide bonds. The van der Waals surface area contributed by atoms with E-state index in [1.54, 1.807) is 26.0 Å². The maximum Gasteiger partial charge on any atom is 0.214 e. The zero-order valence-corrected chi connectivity index (χ0v) is 14.9. The van der Waals surface area contributed by atoms with Crippen molar-refractivity contribution in [2.45, 2.75) is 0 Å². The molecule has 7 nitrogen and oxygen atoms in total. The summed E-state index contributed by atoms with van der Waals surface area (Å²) >= 11 is 5.34. The second-order valence-electron chi connectivity index (χ2n) is 5.08. The van der Waals surface area contributed by atoms with Crippen molar-refractivity contribution in [3.8, 4) is 28.6 Å². The number of ether oxygens (including phenoxy) is 3. The number of anilines is 1. The van der Waals surface area contributed by atoms with Gasteiger partial charge in [-0.2, -0.15) is 5.10 Å². The third-order valence-corrected chi connectivity index (χ3v) is 3.88. The summed E-state index contributed by atoms with van der Waals surface area (Å²) in [4.78, 5) is 0. The van der Waals surface area contributed by atoms with Gasteiger partial charge in [-0.3, -0.25) is 5.43 Å². The van der Waals surface area contributed by atoms with Crippen molar-refractivity contribution in [3.05, 3.63) is 47.2 Å². The first-order valence-corrected chi connectivity index (χ1v) is 7.88. The first-order chi connectivity index (χ1) is 12.2. The van der Waals surface area contributed by atoms with Crippen LogP contribution in [0.25, 0.3) is 11.4 Å². The van der Waals surface area contributed by atoms with Gasteiger partial charge in [0.15, 0.2) is 17.3 Å². The second-order valence-corrected chi connectivity index (χ2v) is 5.47. The highest BCUT2D eigenvalue weighted by molar-refractivity contribution is 7.71. The predicted molar refractivity (Wildman–Crippen MR) is 98.0 cm³/mol. The SMILES string of the molecule is COc1cc(-c2n[nH]c(=S)n2Nc2ccccc2)cc(OC)c1OC. The number of benzene rings is 2. The van der Waals surface area contributed by atoms with E-state index >= 15 is 0 Å². The molecular weight excluding hydrogens is 340 g/mol. The van der Waals surface area contributed by atoms with E-state index in [1.165, 1.54) is 0 Å². The van der Waals surface area contributed by atoms with Gasteiger partial charge < -0.3 is 14.2 Å². The van der Waals surface area contributed by atoms with E-state index in [4.69, 9.17) is 26.4 Å². The molecule has 0 bridgehead atoms. The minimum atomic E-state index is 0.438. The van der Waals surface area contributed by atoms with Crippen LogP contribution < -0.4 is 19.6 Å². The molecule has 0 saturated heterocycles. The van der Waals surface area contributed by atoms with E-state index in [2.05, 4.69) is 15.6 Å². The van der Waals surface area contributed by atoms with Gasteiger partial charge in [-0.25, -0.2) is 9.77 Å². The number of hydrogen-bond donors (Lipinski definition) is 2. The molecule has 1 heterocycles. The summed E-state index contributed by atoms with van der Waals surface area (Å²) in [6.07, 6.45) is 0. The molecule has 0 atom stereocenters. The van der Waals surface area contributed by atoms with Crippen LogP contribution in [0.1, 0.15) is 0 Å². The van der Waals surface area contributed by atoms with Crippen molar-refractivity contribution in [2.24, 2.45) is 0 Å². The van der Waals surface area contributed by atoms with Gasteiger partial charge in [0, 0.05) is 5.56 Å². The molecule has 0 aliphatic carbocycles. The minimum absolute atomic E-state index is 0.438. The maximum atomic E-state index is 5.41. The Bertz CT molecular complexity index is 896. The Morgan fingerprint density at radius 1 is 1.00 bits per heavy atom. The average Bonchev–Trinajstić information content (AvgIpc) is 3.01. The number of nitrogens with one attached hydrogen (secondary N) is 2. The Balaban J connectivity index is 2.10. The van der Waals surface area contributed by atoms with Gasteiger partial charge in [-0.05, 0) is 36.5 Å². The molecule has 0 spiro atoms. The van der Waals surface area contributed by atoms with Crippen LogP contribution in [0.15, 0.2) is 42.5 Å². The van der Waals surface area contributed by atoms with E-state index in [0.29, 0.717) is 27.8 Å². The van der Waals surface area contributed by atoms with Gasteiger partial charge in [-0.1, -0.05) is 18.2 Å². The van der Waals surface area contributed by atoms with E-state index in [9.17, 15) is 0 Å². The summed E-state index contributed by atoms with van der Waals surface area (Å²) in [5.74, 6) is 2.19. The Kier molecular flexibility index (Phi) is 4.90. The second kappa shape index (κ2) is 7.27. The third-order valence-electron chi connectivity index (χ3n) is 3.61. The van der Waals surface area contributed by atoms with Crippen LogP contribution in [0.3, 0.4) is 0 Å². The van der Waals surface area contributed by atoms with E-state index < -0.39 is 0 Å². The lowest BCUT2D eigenvalue weighted by Gasteiger charge is -2.15. The van der Waals surface area contributed by atoms with Gasteiger partial charge in [0.25, 0.3) is 0 Å². The molecule has 0 aliphatic heterocycles. The summed E-state index contributed by atoms with van der Waals surface area (Å²) in [5, 5.41) is 7.12. The third kappa shape index (κ3) is 3.29. The van der Waals surface area contributed by atoms with Gasteiger partial charge in [-0.15, -0.1) is 0 Å². The summed E-state index contributed by atoms with van der Waals surface area (Å²) in [6, 6.07) is 13.3. The quantitative estimate of drug-likeness (QED) is 0.657. The fraction of sp³-hybridized carbons (Fsp3) is 0.176. The molecule has 1 aromatic heterocycles. The molecule has 0 fully saturated rings. The highest BCUT2D eigenvalue weighted by Crippen LogP contribution is 2.40. The Labute approximate surface area is 150 Å². The van der Waals surface area contributed by atoms with Crippen molar-refractivity contribution >= 4 is 17.9 Å². The van der Waals surface area contributed by atoms with Gasteiger partial charge in [0.2, 0.25) is 10.5 Å². The molecule has 130 valence electrons. The van der Waals surface area contributed by atoms with Crippen molar-refractivity contribution in [2.75, 3.05) is 26.8 Å². The molecular formula is C17H18N4O3S. The highest BCUT2D eigenvalue weighted by atomic mass is 32.1. The molecule has 0 radical (unpaired) electrons. The number of nitrogens with zero attached hydrogens (tertiary/aromatic N) is 2. The van der Waals surface area contributed by atoms with Crippen LogP contribution in [-0.4, -0.2) is 36.2 Å². The summed E-state index contributed by atoms with van der Waals surface area (Å²) < 4.78 is 18.3. The van der Waals surface area contributed by atoms with Crippen LogP contribution in [0.5, 0.6) is 17.2 Å². The van der Waals surface area contributed by atoms with E-state index in [-0.39, 0.29) is 0 Å². The van der Waals surface area contributed by atoms with Crippen LogP contribution in [-0.2, 0) is 0 Å². The summed E-state index contributed by atoms with van der Waals surface area (Å²) in [6.45, 7) is 0. The molecule has 0 saturated carbocycles. The van der Waals surface area contributed by atoms with Crippen molar-refractivity contribution in [1.82, 2.24) is 14.9 Å². The fourth-order valence-electron chi connectivity index (χ4n) is 2.45.